The van der Waals surface area contributed by atoms with Gasteiger partial charge in [-0.15, -0.1) is 0 Å². The average Bonchev–Trinajstić information content (AvgIpc) is 2.38. The summed E-state index contributed by atoms with van der Waals surface area (Å²) in [6, 6.07) is 0. The highest BCUT2D eigenvalue weighted by Gasteiger charge is 2.34. The Balaban J connectivity index is 1.92. The van der Waals surface area contributed by atoms with Crippen LogP contribution in [0.25, 0.3) is 0 Å². The number of nitrogens with two attached hydrogens (primary N) is 1. The highest BCUT2D eigenvalue weighted by molar-refractivity contribution is 7.45. The molecule has 1 aliphatic rings. The standard InChI is InChI=1S/C14H33N4O2P/c1-13-12-14(2,3)20-21(19-13)18-9-5-8-17-11-10-16-7-4-6-15/h13,16-18H,4-12,15H2,1-3H3. The van der Waals surface area contributed by atoms with Crippen LogP contribution in [0, 0.1) is 0 Å². The van der Waals surface area contributed by atoms with Crippen LogP contribution in [0.15, 0.2) is 0 Å². The smallest absolute Gasteiger partial charge is 0.256 e. The molecule has 0 spiro atoms. The van der Waals surface area contributed by atoms with Gasteiger partial charge in [0, 0.05) is 26.1 Å². The summed E-state index contributed by atoms with van der Waals surface area (Å²) in [7, 11) is -0.936. The zero-order chi connectivity index (χ0) is 15.6. The maximum absolute atomic E-state index is 5.92. The van der Waals surface area contributed by atoms with E-state index in [2.05, 4.69) is 36.5 Å². The fraction of sp³-hybridized carbons (Fsp3) is 1.00. The Morgan fingerprint density at radius 3 is 2.38 bits per heavy atom. The second-order valence-corrected chi connectivity index (χ2v) is 7.36. The molecule has 1 saturated heterocycles. The van der Waals surface area contributed by atoms with E-state index in [0.717, 1.165) is 58.5 Å². The summed E-state index contributed by atoms with van der Waals surface area (Å²) >= 11 is 0. The van der Waals surface area contributed by atoms with E-state index in [9.17, 15) is 0 Å². The highest BCUT2D eigenvalue weighted by Crippen LogP contribution is 2.46. The predicted octanol–water partition coefficient (Wildman–Crippen LogP) is 1.33. The van der Waals surface area contributed by atoms with Gasteiger partial charge in [-0.25, -0.2) is 0 Å². The van der Waals surface area contributed by atoms with Gasteiger partial charge in [-0.3, -0.25) is 5.09 Å². The first-order valence-corrected chi connectivity index (χ1v) is 9.22. The molecule has 1 heterocycles. The summed E-state index contributed by atoms with van der Waals surface area (Å²) in [4.78, 5) is 0. The third kappa shape index (κ3) is 9.74. The van der Waals surface area contributed by atoms with E-state index < -0.39 is 8.53 Å². The number of hydrogen-bond acceptors (Lipinski definition) is 6. The van der Waals surface area contributed by atoms with Crippen LogP contribution < -0.4 is 21.5 Å². The lowest BCUT2D eigenvalue weighted by Crippen LogP contribution is -2.36. The maximum atomic E-state index is 5.92. The Bertz CT molecular complexity index is 269. The van der Waals surface area contributed by atoms with Gasteiger partial charge in [0.15, 0.2) is 0 Å². The molecule has 0 aromatic heterocycles. The molecule has 2 unspecified atom stereocenters. The third-order valence-corrected chi connectivity index (χ3v) is 4.89. The Morgan fingerprint density at radius 2 is 1.76 bits per heavy atom. The van der Waals surface area contributed by atoms with Gasteiger partial charge in [-0.1, -0.05) is 0 Å². The van der Waals surface area contributed by atoms with Crippen molar-refractivity contribution >= 4 is 8.53 Å². The quantitative estimate of drug-likeness (QED) is 0.340. The summed E-state index contributed by atoms with van der Waals surface area (Å²) in [5, 5.41) is 10.1. The SMILES string of the molecule is CC1CC(C)(C)OP(NCCCNCCNCCCN)O1. The summed E-state index contributed by atoms with van der Waals surface area (Å²) in [5.74, 6) is 0. The molecular weight excluding hydrogens is 287 g/mol. The molecule has 126 valence electrons. The largest absolute Gasteiger partial charge is 0.330 e. The van der Waals surface area contributed by atoms with Gasteiger partial charge in [-0.05, 0) is 53.2 Å². The van der Waals surface area contributed by atoms with Crippen molar-refractivity contribution in [1.29, 1.82) is 0 Å². The molecule has 0 radical (unpaired) electrons. The summed E-state index contributed by atoms with van der Waals surface area (Å²) in [6.07, 6.45) is 3.34. The van der Waals surface area contributed by atoms with Gasteiger partial charge in [-0.2, -0.15) is 0 Å². The second kappa shape index (κ2) is 10.8. The average molecular weight is 320 g/mol. The van der Waals surface area contributed by atoms with Crippen LogP contribution >= 0.6 is 8.53 Å². The molecule has 1 fully saturated rings. The lowest BCUT2D eigenvalue weighted by Gasteiger charge is -2.38. The summed E-state index contributed by atoms with van der Waals surface area (Å²) in [6.45, 7) is 12.1. The van der Waals surface area contributed by atoms with E-state index in [1.165, 1.54) is 0 Å². The third-order valence-electron chi connectivity index (χ3n) is 3.19. The molecule has 5 N–H and O–H groups in total. The fourth-order valence-corrected chi connectivity index (χ4v) is 3.73. The maximum Gasteiger partial charge on any atom is 0.256 e. The minimum atomic E-state index is -0.936. The zero-order valence-electron chi connectivity index (χ0n) is 13.8. The Kier molecular flexibility index (Phi) is 9.93. The molecular formula is C14H33N4O2P. The molecule has 0 saturated carbocycles. The molecule has 1 aliphatic heterocycles. The first kappa shape index (κ1) is 19.2. The number of hydrogen-bond donors (Lipinski definition) is 4. The van der Waals surface area contributed by atoms with Crippen molar-refractivity contribution in [2.75, 3.05) is 39.3 Å². The van der Waals surface area contributed by atoms with Gasteiger partial charge in [0.25, 0.3) is 8.53 Å². The van der Waals surface area contributed by atoms with E-state index in [4.69, 9.17) is 14.8 Å². The van der Waals surface area contributed by atoms with Crippen molar-refractivity contribution in [2.24, 2.45) is 5.73 Å². The van der Waals surface area contributed by atoms with Crippen LogP contribution in [0.1, 0.15) is 40.0 Å². The monoisotopic (exact) mass is 320 g/mol. The molecule has 6 nitrogen and oxygen atoms in total. The van der Waals surface area contributed by atoms with Crippen molar-refractivity contribution in [2.45, 2.75) is 51.7 Å². The van der Waals surface area contributed by atoms with Crippen LogP contribution in [0.2, 0.25) is 0 Å². The van der Waals surface area contributed by atoms with Gasteiger partial charge in [0.2, 0.25) is 0 Å². The van der Waals surface area contributed by atoms with Crippen LogP contribution in [0.4, 0.5) is 0 Å². The molecule has 0 aromatic carbocycles. The minimum absolute atomic E-state index is 0.0795. The van der Waals surface area contributed by atoms with Gasteiger partial charge < -0.3 is 25.4 Å². The molecule has 0 aliphatic carbocycles. The molecule has 0 amide bonds. The first-order chi connectivity index (χ1) is 10.0. The Morgan fingerprint density at radius 1 is 1.10 bits per heavy atom. The Labute approximate surface area is 130 Å². The highest BCUT2D eigenvalue weighted by atomic mass is 31.2. The lowest BCUT2D eigenvalue weighted by molar-refractivity contribution is 0.00194. The molecule has 1 rings (SSSR count). The van der Waals surface area contributed by atoms with Crippen LogP contribution in [0.3, 0.4) is 0 Å². The second-order valence-electron chi connectivity index (χ2n) is 6.13. The molecule has 21 heavy (non-hydrogen) atoms. The van der Waals surface area contributed by atoms with Gasteiger partial charge in [0.1, 0.15) is 0 Å². The van der Waals surface area contributed by atoms with Crippen molar-refractivity contribution in [3.05, 3.63) is 0 Å². The molecule has 0 bridgehead atoms. The van der Waals surface area contributed by atoms with Crippen LogP contribution in [0.5, 0.6) is 0 Å². The first-order valence-electron chi connectivity index (χ1n) is 8.04. The van der Waals surface area contributed by atoms with E-state index in [1.54, 1.807) is 0 Å². The minimum Gasteiger partial charge on any atom is -0.330 e. The summed E-state index contributed by atoms with van der Waals surface area (Å²) in [5.41, 5.74) is 5.35. The van der Waals surface area contributed by atoms with Crippen molar-refractivity contribution in [1.82, 2.24) is 15.7 Å². The Hall–Kier alpha value is 0.190. The van der Waals surface area contributed by atoms with Crippen molar-refractivity contribution in [3.63, 3.8) is 0 Å². The molecule has 7 heteroatoms. The number of nitrogens with one attached hydrogen (secondary N) is 3. The van der Waals surface area contributed by atoms with E-state index in [0.29, 0.717) is 0 Å². The predicted molar refractivity (Wildman–Crippen MR) is 89.3 cm³/mol. The summed E-state index contributed by atoms with van der Waals surface area (Å²) < 4.78 is 11.7. The van der Waals surface area contributed by atoms with Crippen LogP contribution in [-0.4, -0.2) is 51.0 Å². The zero-order valence-corrected chi connectivity index (χ0v) is 14.7. The molecule has 0 aromatic rings. The van der Waals surface area contributed by atoms with Gasteiger partial charge >= 0.3 is 0 Å². The topological polar surface area (TPSA) is 80.6 Å². The van der Waals surface area contributed by atoms with Crippen LogP contribution in [-0.2, 0) is 9.05 Å². The van der Waals surface area contributed by atoms with Crippen molar-refractivity contribution < 1.29 is 9.05 Å². The van der Waals surface area contributed by atoms with Crippen molar-refractivity contribution in [3.8, 4) is 0 Å². The fourth-order valence-electron chi connectivity index (χ4n) is 2.28. The lowest BCUT2D eigenvalue weighted by atomic mass is 10.0. The van der Waals surface area contributed by atoms with E-state index in [-0.39, 0.29) is 11.7 Å². The van der Waals surface area contributed by atoms with Gasteiger partial charge in [0.05, 0.1) is 11.7 Å². The molecule has 2 atom stereocenters. The van der Waals surface area contributed by atoms with E-state index in [1.807, 2.05) is 0 Å². The van der Waals surface area contributed by atoms with E-state index >= 15 is 0 Å². The number of rotatable bonds is 11. The normalized spacial score (nSPS) is 25.1.